The highest BCUT2D eigenvalue weighted by atomic mass is 16.3. The average Bonchev–Trinajstić information content (AvgIpc) is 2.78. The fourth-order valence-electron chi connectivity index (χ4n) is 2.38. The predicted molar refractivity (Wildman–Crippen MR) is 74.9 cm³/mol. The molecule has 0 saturated carbocycles. The number of hydrogen-bond donors (Lipinski definition) is 1. The molecule has 0 saturated heterocycles. The fraction of sp³-hybridized carbons (Fsp3) is 0.467. The van der Waals surface area contributed by atoms with E-state index in [1.54, 1.807) is 6.20 Å². The molecule has 0 aliphatic heterocycles. The van der Waals surface area contributed by atoms with Gasteiger partial charge in [-0.15, -0.1) is 0 Å². The molecule has 0 aliphatic rings. The third-order valence-electron chi connectivity index (χ3n) is 3.31. The van der Waals surface area contributed by atoms with Gasteiger partial charge in [0.1, 0.15) is 6.10 Å². The van der Waals surface area contributed by atoms with Crippen LogP contribution >= 0.6 is 0 Å². The Morgan fingerprint density at radius 1 is 1.37 bits per heavy atom. The third kappa shape index (κ3) is 3.01. The molecular weight excluding hydrogens is 238 g/mol. The van der Waals surface area contributed by atoms with Gasteiger partial charge in [-0.25, -0.2) is 0 Å². The number of aryl methyl sites for hydroxylation is 3. The standard InChI is InChI=1S/C15H21N3O/c1-4-12-7-6-8-16-15(12)14(19)10-13-9-11(3)17-18(13)5-2/h6-9,14,19H,4-5,10H2,1-3H3. The van der Waals surface area contributed by atoms with Gasteiger partial charge in [-0.05, 0) is 38.0 Å². The van der Waals surface area contributed by atoms with E-state index in [2.05, 4.69) is 23.9 Å². The predicted octanol–water partition coefficient (Wildman–Crippen LogP) is 2.44. The van der Waals surface area contributed by atoms with Crippen molar-refractivity contribution < 1.29 is 5.11 Å². The van der Waals surface area contributed by atoms with Crippen molar-refractivity contribution in [1.82, 2.24) is 14.8 Å². The molecule has 0 amide bonds. The number of nitrogens with zero attached hydrogens (tertiary/aromatic N) is 3. The lowest BCUT2D eigenvalue weighted by atomic mass is 10.0. The van der Waals surface area contributed by atoms with Crippen molar-refractivity contribution in [3.8, 4) is 0 Å². The summed E-state index contributed by atoms with van der Waals surface area (Å²) in [5.41, 5.74) is 3.93. The Labute approximate surface area is 114 Å². The topological polar surface area (TPSA) is 50.9 Å². The van der Waals surface area contributed by atoms with Gasteiger partial charge in [-0.1, -0.05) is 13.0 Å². The van der Waals surface area contributed by atoms with Crippen LogP contribution in [0, 0.1) is 6.92 Å². The Bertz CT molecular complexity index is 548. The number of rotatable bonds is 5. The second-order valence-electron chi connectivity index (χ2n) is 4.71. The Morgan fingerprint density at radius 2 is 2.16 bits per heavy atom. The van der Waals surface area contributed by atoms with Crippen molar-refractivity contribution >= 4 is 0 Å². The Kier molecular flexibility index (Phi) is 4.32. The number of pyridine rings is 1. The van der Waals surface area contributed by atoms with Gasteiger partial charge >= 0.3 is 0 Å². The summed E-state index contributed by atoms with van der Waals surface area (Å²) in [6, 6.07) is 5.96. The molecule has 0 spiro atoms. The van der Waals surface area contributed by atoms with E-state index >= 15 is 0 Å². The molecule has 1 atom stereocenters. The maximum absolute atomic E-state index is 10.4. The van der Waals surface area contributed by atoms with Crippen LogP contribution in [-0.4, -0.2) is 19.9 Å². The molecule has 1 N–H and O–H groups in total. The van der Waals surface area contributed by atoms with Crippen LogP contribution in [0.4, 0.5) is 0 Å². The maximum Gasteiger partial charge on any atom is 0.102 e. The van der Waals surface area contributed by atoms with E-state index in [9.17, 15) is 5.11 Å². The second-order valence-corrected chi connectivity index (χ2v) is 4.71. The molecule has 2 aromatic rings. The van der Waals surface area contributed by atoms with Crippen molar-refractivity contribution in [1.29, 1.82) is 0 Å². The first-order valence-electron chi connectivity index (χ1n) is 6.80. The minimum absolute atomic E-state index is 0.554. The molecule has 2 aromatic heterocycles. The van der Waals surface area contributed by atoms with Gasteiger partial charge in [0.2, 0.25) is 0 Å². The van der Waals surface area contributed by atoms with Crippen molar-refractivity contribution in [2.45, 2.75) is 46.3 Å². The van der Waals surface area contributed by atoms with Gasteiger partial charge in [0.25, 0.3) is 0 Å². The Hall–Kier alpha value is -1.68. The van der Waals surface area contributed by atoms with Crippen molar-refractivity contribution in [2.75, 3.05) is 0 Å². The van der Waals surface area contributed by atoms with Crippen molar-refractivity contribution in [3.05, 3.63) is 47.0 Å². The Morgan fingerprint density at radius 3 is 2.84 bits per heavy atom. The minimum atomic E-state index is -0.572. The summed E-state index contributed by atoms with van der Waals surface area (Å²) >= 11 is 0. The van der Waals surface area contributed by atoms with E-state index in [1.807, 2.05) is 29.8 Å². The average molecular weight is 259 g/mol. The minimum Gasteiger partial charge on any atom is -0.386 e. The molecule has 102 valence electrons. The molecule has 19 heavy (non-hydrogen) atoms. The van der Waals surface area contributed by atoms with Crippen LogP contribution in [0.2, 0.25) is 0 Å². The molecule has 2 rings (SSSR count). The van der Waals surface area contributed by atoms with Gasteiger partial charge in [-0.2, -0.15) is 5.10 Å². The molecule has 0 aromatic carbocycles. The normalized spacial score (nSPS) is 12.6. The zero-order valence-electron chi connectivity index (χ0n) is 11.8. The Balaban J connectivity index is 2.22. The fourth-order valence-corrected chi connectivity index (χ4v) is 2.38. The number of aromatic nitrogens is 3. The van der Waals surface area contributed by atoms with Crippen LogP contribution in [0.3, 0.4) is 0 Å². The van der Waals surface area contributed by atoms with Crippen LogP contribution < -0.4 is 0 Å². The van der Waals surface area contributed by atoms with Crippen molar-refractivity contribution in [2.24, 2.45) is 0 Å². The molecule has 0 radical (unpaired) electrons. The smallest absolute Gasteiger partial charge is 0.102 e. The highest BCUT2D eigenvalue weighted by Gasteiger charge is 2.16. The van der Waals surface area contributed by atoms with Gasteiger partial charge in [-0.3, -0.25) is 9.67 Å². The molecule has 4 nitrogen and oxygen atoms in total. The second kappa shape index (κ2) is 5.97. The summed E-state index contributed by atoms with van der Waals surface area (Å²) in [5, 5.41) is 14.8. The van der Waals surface area contributed by atoms with Crippen LogP contribution in [0.25, 0.3) is 0 Å². The summed E-state index contributed by atoms with van der Waals surface area (Å²) in [5.74, 6) is 0. The van der Waals surface area contributed by atoms with Crippen LogP contribution in [-0.2, 0) is 19.4 Å². The molecule has 0 bridgehead atoms. The molecule has 4 heteroatoms. The van der Waals surface area contributed by atoms with Gasteiger partial charge in [0, 0.05) is 24.9 Å². The molecule has 2 heterocycles. The van der Waals surface area contributed by atoms with Gasteiger partial charge in [0.05, 0.1) is 11.4 Å². The summed E-state index contributed by atoms with van der Waals surface area (Å²) in [7, 11) is 0. The van der Waals surface area contributed by atoms with E-state index in [4.69, 9.17) is 0 Å². The van der Waals surface area contributed by atoms with Crippen molar-refractivity contribution in [3.63, 3.8) is 0 Å². The molecule has 1 unspecified atom stereocenters. The van der Waals surface area contributed by atoms with Crippen LogP contribution in [0.5, 0.6) is 0 Å². The highest BCUT2D eigenvalue weighted by molar-refractivity contribution is 5.23. The maximum atomic E-state index is 10.4. The first-order valence-corrected chi connectivity index (χ1v) is 6.80. The van der Waals surface area contributed by atoms with E-state index in [0.717, 1.165) is 35.6 Å². The lowest BCUT2D eigenvalue weighted by molar-refractivity contribution is 0.169. The van der Waals surface area contributed by atoms with Gasteiger partial charge in [0.15, 0.2) is 0 Å². The number of hydrogen-bond acceptors (Lipinski definition) is 3. The third-order valence-corrected chi connectivity index (χ3v) is 3.31. The van der Waals surface area contributed by atoms with Gasteiger partial charge < -0.3 is 5.11 Å². The van der Waals surface area contributed by atoms with E-state index < -0.39 is 6.10 Å². The first-order chi connectivity index (χ1) is 9.15. The molecule has 0 fully saturated rings. The largest absolute Gasteiger partial charge is 0.386 e. The summed E-state index contributed by atoms with van der Waals surface area (Å²) < 4.78 is 1.94. The highest BCUT2D eigenvalue weighted by Crippen LogP contribution is 2.20. The van der Waals surface area contributed by atoms with E-state index in [-0.39, 0.29) is 0 Å². The zero-order valence-corrected chi connectivity index (χ0v) is 11.8. The first kappa shape index (κ1) is 13.7. The lowest BCUT2D eigenvalue weighted by Gasteiger charge is -2.14. The SMILES string of the molecule is CCc1cccnc1C(O)Cc1cc(C)nn1CC. The lowest BCUT2D eigenvalue weighted by Crippen LogP contribution is -2.11. The summed E-state index contributed by atoms with van der Waals surface area (Å²) in [6.45, 7) is 6.92. The quantitative estimate of drug-likeness (QED) is 0.897. The van der Waals surface area contributed by atoms with E-state index in [1.165, 1.54) is 0 Å². The number of aliphatic hydroxyl groups excluding tert-OH is 1. The zero-order chi connectivity index (χ0) is 13.8. The summed E-state index contributed by atoms with van der Waals surface area (Å²) in [6.07, 6.45) is 2.60. The van der Waals surface area contributed by atoms with E-state index in [0.29, 0.717) is 6.42 Å². The molecular formula is C15H21N3O. The summed E-state index contributed by atoms with van der Waals surface area (Å²) in [4.78, 5) is 4.33. The molecule has 0 aliphatic carbocycles. The number of aliphatic hydroxyl groups is 1. The van der Waals surface area contributed by atoms with Crippen LogP contribution in [0.15, 0.2) is 24.4 Å². The van der Waals surface area contributed by atoms with Crippen LogP contribution in [0.1, 0.15) is 42.6 Å². The monoisotopic (exact) mass is 259 g/mol.